The summed E-state index contributed by atoms with van der Waals surface area (Å²) in [7, 11) is 0. The normalized spacial score (nSPS) is 18.7. The Balaban J connectivity index is 2.20. The van der Waals surface area contributed by atoms with Gasteiger partial charge in [-0.3, -0.25) is 4.79 Å². The van der Waals surface area contributed by atoms with Crippen LogP contribution in [0.4, 0.5) is 5.82 Å². The first-order chi connectivity index (χ1) is 7.06. The third-order valence-corrected chi connectivity index (χ3v) is 3.42. The van der Waals surface area contributed by atoms with Gasteiger partial charge in [0.05, 0.1) is 25.0 Å². The molecule has 2 heterocycles. The van der Waals surface area contributed by atoms with E-state index in [9.17, 15) is 9.90 Å². The highest BCUT2D eigenvalue weighted by molar-refractivity contribution is 9.10. The number of nitrogens with one attached hydrogen (secondary N) is 1. The lowest BCUT2D eigenvalue weighted by atomic mass is 9.91. The van der Waals surface area contributed by atoms with E-state index in [0.717, 1.165) is 0 Å². The maximum atomic E-state index is 11.3. The highest BCUT2D eigenvalue weighted by atomic mass is 79.9. The van der Waals surface area contributed by atoms with Crippen molar-refractivity contribution in [1.82, 2.24) is 9.97 Å². The van der Waals surface area contributed by atoms with Crippen LogP contribution in [0, 0.1) is 0 Å². The first kappa shape index (κ1) is 10.6. The molecule has 0 spiro atoms. The number of hydrogen-bond acceptors (Lipinski definition) is 4. The summed E-state index contributed by atoms with van der Waals surface area (Å²) >= 11 is 3.19. The van der Waals surface area contributed by atoms with Crippen molar-refractivity contribution in [3.8, 4) is 0 Å². The molecule has 6 heteroatoms. The van der Waals surface area contributed by atoms with Crippen LogP contribution in [-0.2, 0) is 0 Å². The second-order valence-corrected chi connectivity index (χ2v) is 4.60. The van der Waals surface area contributed by atoms with Crippen LogP contribution in [0.25, 0.3) is 0 Å². The molecule has 0 saturated carbocycles. The van der Waals surface area contributed by atoms with E-state index in [1.54, 1.807) is 0 Å². The second kappa shape index (κ2) is 3.61. The molecule has 1 aliphatic rings. The number of anilines is 1. The minimum absolute atomic E-state index is 0.202. The van der Waals surface area contributed by atoms with Gasteiger partial charge >= 0.3 is 0 Å². The fourth-order valence-corrected chi connectivity index (χ4v) is 2.10. The lowest BCUT2D eigenvalue weighted by Crippen LogP contribution is -2.62. The van der Waals surface area contributed by atoms with E-state index < -0.39 is 5.60 Å². The molecule has 0 radical (unpaired) electrons. The van der Waals surface area contributed by atoms with Crippen molar-refractivity contribution < 1.29 is 5.11 Å². The van der Waals surface area contributed by atoms with E-state index in [4.69, 9.17) is 0 Å². The molecule has 0 atom stereocenters. The van der Waals surface area contributed by atoms with Crippen LogP contribution in [0.2, 0.25) is 0 Å². The van der Waals surface area contributed by atoms with Gasteiger partial charge in [-0.25, -0.2) is 4.98 Å². The number of aliphatic hydroxyl groups is 1. The largest absolute Gasteiger partial charge is 0.386 e. The van der Waals surface area contributed by atoms with Crippen molar-refractivity contribution in [3.63, 3.8) is 0 Å². The Morgan fingerprint density at radius 2 is 2.40 bits per heavy atom. The lowest BCUT2D eigenvalue weighted by Gasteiger charge is -2.46. The zero-order valence-corrected chi connectivity index (χ0v) is 9.91. The molecular weight excluding hydrogens is 262 g/mol. The molecule has 82 valence electrons. The Kier molecular flexibility index (Phi) is 2.56. The average Bonchev–Trinajstić information content (AvgIpc) is 2.18. The van der Waals surface area contributed by atoms with Gasteiger partial charge in [0, 0.05) is 0 Å². The summed E-state index contributed by atoms with van der Waals surface area (Å²) in [4.78, 5) is 19.7. The molecule has 2 N–H and O–H groups in total. The maximum Gasteiger partial charge on any atom is 0.267 e. The van der Waals surface area contributed by atoms with E-state index >= 15 is 0 Å². The Morgan fingerprint density at radius 1 is 1.73 bits per heavy atom. The van der Waals surface area contributed by atoms with Gasteiger partial charge in [0.2, 0.25) is 0 Å². The average molecular weight is 274 g/mol. The van der Waals surface area contributed by atoms with Crippen molar-refractivity contribution in [2.45, 2.75) is 18.9 Å². The third-order valence-electron chi connectivity index (χ3n) is 2.71. The quantitative estimate of drug-likeness (QED) is 0.823. The van der Waals surface area contributed by atoms with Gasteiger partial charge in [-0.1, -0.05) is 6.92 Å². The summed E-state index contributed by atoms with van der Waals surface area (Å²) in [6.45, 7) is 2.99. The molecule has 2 rings (SSSR count). The van der Waals surface area contributed by atoms with Gasteiger partial charge in [0.1, 0.15) is 4.47 Å². The van der Waals surface area contributed by atoms with Gasteiger partial charge in [-0.15, -0.1) is 0 Å². The van der Waals surface area contributed by atoms with Crippen LogP contribution in [0.15, 0.2) is 15.6 Å². The minimum Gasteiger partial charge on any atom is -0.386 e. The minimum atomic E-state index is -0.621. The summed E-state index contributed by atoms with van der Waals surface area (Å²) in [5.74, 6) is 0.594. The number of nitrogens with zero attached hydrogens (tertiary/aromatic N) is 2. The van der Waals surface area contributed by atoms with Crippen LogP contribution in [0.1, 0.15) is 13.3 Å². The SMILES string of the molecule is CCC1(O)CN(c2nc[nH]c(=O)c2Br)C1. The number of β-amino-alcohol motifs (C(OH)–C–C–N with tert-alkyl or cyclic N) is 1. The van der Waals surface area contributed by atoms with E-state index in [-0.39, 0.29) is 5.56 Å². The van der Waals surface area contributed by atoms with Gasteiger partial charge in [0.25, 0.3) is 5.56 Å². The lowest BCUT2D eigenvalue weighted by molar-refractivity contribution is 0.00795. The molecule has 1 aliphatic heterocycles. The fourth-order valence-electron chi connectivity index (χ4n) is 1.63. The summed E-state index contributed by atoms with van der Waals surface area (Å²) < 4.78 is 0.420. The van der Waals surface area contributed by atoms with Crippen LogP contribution < -0.4 is 10.5 Å². The topological polar surface area (TPSA) is 69.2 Å². The molecule has 1 aromatic heterocycles. The van der Waals surface area contributed by atoms with E-state index in [0.29, 0.717) is 29.8 Å². The van der Waals surface area contributed by atoms with E-state index in [1.807, 2.05) is 11.8 Å². The molecule has 0 amide bonds. The summed E-state index contributed by atoms with van der Waals surface area (Å²) in [5, 5.41) is 9.84. The molecule has 1 saturated heterocycles. The predicted octanol–water partition coefficient (Wildman–Crippen LogP) is 0.494. The standard InChI is InChI=1S/C9H12BrN3O2/c1-2-9(15)3-13(4-9)7-6(10)8(14)12-5-11-7/h5,15H,2-4H2,1H3,(H,11,12,14). The smallest absolute Gasteiger partial charge is 0.267 e. The second-order valence-electron chi connectivity index (χ2n) is 3.80. The number of halogens is 1. The highest BCUT2D eigenvalue weighted by Crippen LogP contribution is 2.30. The molecular formula is C9H12BrN3O2. The monoisotopic (exact) mass is 273 g/mol. The Labute approximate surface area is 95.3 Å². The van der Waals surface area contributed by atoms with Gasteiger partial charge in [-0.05, 0) is 22.4 Å². The number of rotatable bonds is 2. The van der Waals surface area contributed by atoms with Crippen molar-refractivity contribution >= 4 is 21.7 Å². The van der Waals surface area contributed by atoms with Crippen molar-refractivity contribution in [2.75, 3.05) is 18.0 Å². The Bertz CT molecular complexity index is 426. The molecule has 0 bridgehead atoms. The number of H-pyrrole nitrogens is 1. The van der Waals surface area contributed by atoms with E-state index in [2.05, 4.69) is 25.9 Å². The number of aromatic nitrogens is 2. The van der Waals surface area contributed by atoms with Crippen LogP contribution in [-0.4, -0.2) is 33.8 Å². The maximum absolute atomic E-state index is 11.3. The molecule has 1 fully saturated rings. The van der Waals surface area contributed by atoms with Gasteiger partial charge in [0.15, 0.2) is 5.82 Å². The Morgan fingerprint density at radius 3 is 3.00 bits per heavy atom. The molecule has 5 nitrogen and oxygen atoms in total. The highest BCUT2D eigenvalue weighted by Gasteiger charge is 2.40. The zero-order chi connectivity index (χ0) is 11.1. The van der Waals surface area contributed by atoms with Gasteiger partial charge < -0.3 is 15.0 Å². The first-order valence-corrected chi connectivity index (χ1v) is 5.55. The summed E-state index contributed by atoms with van der Waals surface area (Å²) in [6.07, 6.45) is 2.08. The van der Waals surface area contributed by atoms with E-state index in [1.165, 1.54) is 6.33 Å². The van der Waals surface area contributed by atoms with Crippen LogP contribution in [0.5, 0.6) is 0 Å². The first-order valence-electron chi connectivity index (χ1n) is 4.76. The van der Waals surface area contributed by atoms with Gasteiger partial charge in [-0.2, -0.15) is 0 Å². The zero-order valence-electron chi connectivity index (χ0n) is 8.33. The predicted molar refractivity (Wildman–Crippen MR) is 60.0 cm³/mol. The van der Waals surface area contributed by atoms with Crippen molar-refractivity contribution in [2.24, 2.45) is 0 Å². The van der Waals surface area contributed by atoms with Crippen molar-refractivity contribution in [1.29, 1.82) is 0 Å². The Hall–Kier alpha value is -0.880. The summed E-state index contributed by atoms with van der Waals surface area (Å²) in [6, 6.07) is 0. The molecule has 0 aromatic carbocycles. The summed E-state index contributed by atoms with van der Waals surface area (Å²) in [5.41, 5.74) is -0.823. The number of aromatic amines is 1. The molecule has 0 unspecified atom stereocenters. The molecule has 0 aliphatic carbocycles. The van der Waals surface area contributed by atoms with Crippen LogP contribution >= 0.6 is 15.9 Å². The molecule has 1 aromatic rings. The number of hydrogen-bond donors (Lipinski definition) is 2. The van der Waals surface area contributed by atoms with Crippen molar-refractivity contribution in [3.05, 3.63) is 21.2 Å². The fraction of sp³-hybridized carbons (Fsp3) is 0.556. The molecule has 15 heavy (non-hydrogen) atoms. The third kappa shape index (κ3) is 1.79. The van der Waals surface area contributed by atoms with Crippen LogP contribution in [0.3, 0.4) is 0 Å².